The van der Waals surface area contributed by atoms with E-state index in [0.29, 0.717) is 17.2 Å². The normalized spacial score (nSPS) is 11.0. The van der Waals surface area contributed by atoms with Gasteiger partial charge >= 0.3 is 0 Å². The minimum Gasteiger partial charge on any atom is -0.495 e. The average Bonchev–Trinajstić information content (AvgIpc) is 2.85. The number of aryl methyl sites for hydroxylation is 1. The van der Waals surface area contributed by atoms with E-state index in [1.807, 2.05) is 6.92 Å². The zero-order valence-electron chi connectivity index (χ0n) is 19.9. The molecule has 0 saturated carbocycles. The number of ether oxygens (including phenoxy) is 3. The van der Waals surface area contributed by atoms with E-state index in [0.717, 1.165) is 15.4 Å². The van der Waals surface area contributed by atoms with Crippen molar-refractivity contribution >= 4 is 33.2 Å². The molecule has 8 nitrogen and oxygen atoms in total. The van der Waals surface area contributed by atoms with Gasteiger partial charge in [-0.2, -0.15) is 0 Å². The molecule has 0 unspecified atom stereocenters. The molecule has 3 aromatic rings. The second-order valence-electron chi connectivity index (χ2n) is 7.61. The van der Waals surface area contributed by atoms with Crippen LogP contribution in [-0.2, 0) is 21.4 Å². The fraction of sp³-hybridized carbons (Fsp3) is 0.240. The molecule has 186 valence electrons. The summed E-state index contributed by atoms with van der Waals surface area (Å²) in [5, 5.41) is 2.98. The Morgan fingerprint density at radius 2 is 1.51 bits per heavy atom. The van der Waals surface area contributed by atoms with Crippen LogP contribution < -0.4 is 23.8 Å². The molecule has 0 spiro atoms. The molecule has 0 heterocycles. The molecule has 0 aliphatic heterocycles. The van der Waals surface area contributed by atoms with Crippen molar-refractivity contribution in [2.45, 2.75) is 18.4 Å². The summed E-state index contributed by atoms with van der Waals surface area (Å²) in [5.41, 5.74) is 1.91. The van der Waals surface area contributed by atoms with Crippen LogP contribution in [0.5, 0.6) is 17.2 Å². The third-order valence-corrected chi connectivity index (χ3v) is 7.34. The number of amides is 1. The lowest BCUT2D eigenvalue weighted by Gasteiger charge is -2.24. The molecule has 10 heteroatoms. The Morgan fingerprint density at radius 1 is 0.886 bits per heavy atom. The lowest BCUT2D eigenvalue weighted by molar-refractivity contribution is -0.119. The van der Waals surface area contributed by atoms with Crippen molar-refractivity contribution in [1.82, 2.24) is 5.32 Å². The molecule has 35 heavy (non-hydrogen) atoms. The number of carbonyl (C=O) groups excluding carboxylic acids is 1. The molecule has 0 aliphatic carbocycles. The summed E-state index contributed by atoms with van der Waals surface area (Å²) in [5.74, 6) is 0.980. The van der Waals surface area contributed by atoms with Gasteiger partial charge in [-0.05, 0) is 55.0 Å². The number of sulfonamides is 1. The predicted octanol–water partition coefficient (Wildman–Crippen LogP) is 4.19. The first-order valence-corrected chi connectivity index (χ1v) is 12.4. The van der Waals surface area contributed by atoms with Crippen molar-refractivity contribution in [3.05, 3.63) is 76.8 Å². The maximum atomic E-state index is 13.5. The predicted molar refractivity (Wildman–Crippen MR) is 135 cm³/mol. The van der Waals surface area contributed by atoms with Crippen molar-refractivity contribution in [2.24, 2.45) is 0 Å². The van der Waals surface area contributed by atoms with E-state index in [1.165, 1.54) is 45.6 Å². The van der Waals surface area contributed by atoms with Crippen molar-refractivity contribution < 1.29 is 27.4 Å². The van der Waals surface area contributed by atoms with Gasteiger partial charge in [-0.1, -0.05) is 35.4 Å². The van der Waals surface area contributed by atoms with Gasteiger partial charge in [0.05, 0.1) is 36.9 Å². The Bertz CT molecular complexity index is 1300. The Morgan fingerprint density at radius 3 is 2.11 bits per heavy atom. The van der Waals surface area contributed by atoms with Gasteiger partial charge in [0.25, 0.3) is 10.0 Å². The number of hydrogen-bond acceptors (Lipinski definition) is 6. The first-order chi connectivity index (χ1) is 16.7. The van der Waals surface area contributed by atoms with Crippen molar-refractivity contribution in [2.75, 3.05) is 32.2 Å². The summed E-state index contributed by atoms with van der Waals surface area (Å²) in [6.45, 7) is 1.58. The average molecular weight is 519 g/mol. The lowest BCUT2D eigenvalue weighted by Crippen LogP contribution is -2.40. The first kappa shape index (κ1) is 26.2. The minimum absolute atomic E-state index is 0.0581. The summed E-state index contributed by atoms with van der Waals surface area (Å²) in [6, 6.07) is 16.2. The second-order valence-corrected chi connectivity index (χ2v) is 9.88. The van der Waals surface area contributed by atoms with E-state index < -0.39 is 22.5 Å². The topological polar surface area (TPSA) is 94.2 Å². The summed E-state index contributed by atoms with van der Waals surface area (Å²) >= 11 is 6.25. The number of anilines is 1. The maximum Gasteiger partial charge on any atom is 0.264 e. The molecular weight excluding hydrogens is 492 g/mol. The molecule has 0 aliphatic rings. The minimum atomic E-state index is -4.07. The van der Waals surface area contributed by atoms with E-state index in [9.17, 15) is 13.2 Å². The van der Waals surface area contributed by atoms with Crippen LogP contribution >= 0.6 is 11.6 Å². The van der Waals surface area contributed by atoms with Gasteiger partial charge in [-0.25, -0.2) is 8.42 Å². The van der Waals surface area contributed by atoms with Crippen LogP contribution in [0.4, 0.5) is 5.69 Å². The highest BCUT2D eigenvalue weighted by molar-refractivity contribution is 7.92. The van der Waals surface area contributed by atoms with E-state index in [-0.39, 0.29) is 22.2 Å². The number of rotatable bonds is 10. The van der Waals surface area contributed by atoms with Crippen molar-refractivity contribution in [1.29, 1.82) is 0 Å². The quantitative estimate of drug-likeness (QED) is 0.432. The van der Waals surface area contributed by atoms with Gasteiger partial charge in [0.2, 0.25) is 5.91 Å². The number of methoxy groups -OCH3 is 3. The third-order valence-electron chi connectivity index (χ3n) is 5.26. The van der Waals surface area contributed by atoms with Crippen LogP contribution in [0.1, 0.15) is 11.1 Å². The smallest absolute Gasteiger partial charge is 0.264 e. The highest BCUT2D eigenvalue weighted by atomic mass is 35.5. The molecule has 0 bridgehead atoms. The molecular formula is C25H27ClN2O6S. The fourth-order valence-corrected chi connectivity index (χ4v) is 5.01. The highest BCUT2D eigenvalue weighted by Gasteiger charge is 2.28. The van der Waals surface area contributed by atoms with Gasteiger partial charge in [0.1, 0.15) is 12.3 Å². The van der Waals surface area contributed by atoms with Crippen LogP contribution in [0.3, 0.4) is 0 Å². The van der Waals surface area contributed by atoms with Crippen LogP contribution in [0.25, 0.3) is 0 Å². The van der Waals surface area contributed by atoms with Crippen LogP contribution in [0, 0.1) is 6.92 Å². The molecule has 0 atom stereocenters. The van der Waals surface area contributed by atoms with Gasteiger partial charge in [0.15, 0.2) is 11.5 Å². The fourth-order valence-electron chi connectivity index (χ4n) is 3.34. The number of benzene rings is 3. The molecule has 0 radical (unpaired) electrons. The maximum absolute atomic E-state index is 13.5. The van der Waals surface area contributed by atoms with E-state index >= 15 is 0 Å². The number of nitrogens with zero attached hydrogens (tertiary/aromatic N) is 1. The molecule has 0 fully saturated rings. The van der Waals surface area contributed by atoms with Crippen LogP contribution in [0.2, 0.25) is 5.02 Å². The second kappa shape index (κ2) is 11.3. The number of nitrogens with one attached hydrogen (secondary N) is 1. The van der Waals surface area contributed by atoms with Gasteiger partial charge in [-0.3, -0.25) is 9.10 Å². The Labute approximate surface area is 210 Å². The van der Waals surface area contributed by atoms with E-state index in [1.54, 1.807) is 36.4 Å². The summed E-state index contributed by atoms with van der Waals surface area (Å²) in [6.07, 6.45) is 0. The highest BCUT2D eigenvalue weighted by Crippen LogP contribution is 2.32. The Hall–Kier alpha value is -3.43. The Balaban J connectivity index is 1.87. The number of halogens is 1. The zero-order valence-corrected chi connectivity index (χ0v) is 21.4. The molecule has 0 aromatic heterocycles. The largest absolute Gasteiger partial charge is 0.495 e. The zero-order chi connectivity index (χ0) is 25.6. The van der Waals surface area contributed by atoms with Crippen LogP contribution in [0.15, 0.2) is 65.6 Å². The van der Waals surface area contributed by atoms with E-state index in [2.05, 4.69) is 5.32 Å². The molecule has 3 aromatic carbocycles. The number of hydrogen-bond donors (Lipinski definition) is 1. The summed E-state index contributed by atoms with van der Waals surface area (Å²) in [7, 11) is 0.451. The Kier molecular flexibility index (Phi) is 8.48. The summed E-state index contributed by atoms with van der Waals surface area (Å²) in [4.78, 5) is 12.9. The molecule has 1 amide bonds. The monoisotopic (exact) mass is 518 g/mol. The van der Waals surface area contributed by atoms with E-state index in [4.69, 9.17) is 25.8 Å². The number of carbonyl (C=O) groups is 1. The SMILES string of the molecule is COc1ccc(N(CC(=O)NCc2ccc(OC)c(OC)c2)S(=O)(=O)c2ccc(C)cc2)cc1Cl. The molecule has 3 rings (SSSR count). The van der Waals surface area contributed by atoms with Crippen molar-refractivity contribution in [3.8, 4) is 17.2 Å². The lowest BCUT2D eigenvalue weighted by atomic mass is 10.2. The summed E-state index contributed by atoms with van der Waals surface area (Å²) < 4.78 is 43.7. The third kappa shape index (κ3) is 6.17. The van der Waals surface area contributed by atoms with Gasteiger partial charge in [-0.15, -0.1) is 0 Å². The van der Waals surface area contributed by atoms with Crippen LogP contribution in [-0.4, -0.2) is 42.2 Å². The molecule has 1 N–H and O–H groups in total. The molecule has 0 saturated heterocycles. The first-order valence-electron chi connectivity index (χ1n) is 10.6. The standard InChI is InChI=1S/C25H27ClN2O6S/c1-17-5-9-20(10-6-17)35(30,31)28(19-8-12-22(32-2)21(26)14-19)16-25(29)27-15-18-7-11-23(33-3)24(13-18)34-4/h5-14H,15-16H2,1-4H3,(H,27,29). The van der Waals surface area contributed by atoms with Gasteiger partial charge < -0.3 is 19.5 Å². The van der Waals surface area contributed by atoms with Crippen molar-refractivity contribution in [3.63, 3.8) is 0 Å². The van der Waals surface area contributed by atoms with Gasteiger partial charge in [0, 0.05) is 6.54 Å².